The lowest BCUT2D eigenvalue weighted by Crippen LogP contribution is -2.21. The number of benzene rings is 2. The van der Waals surface area contributed by atoms with E-state index in [9.17, 15) is 9.59 Å². The molecule has 10 nitrogen and oxygen atoms in total. The first-order valence-corrected chi connectivity index (χ1v) is 12.2. The number of nitrogens with two attached hydrogens (primary N) is 1. The van der Waals surface area contributed by atoms with Gasteiger partial charge in [-0.25, -0.2) is 4.79 Å². The summed E-state index contributed by atoms with van der Waals surface area (Å²) in [6.07, 6.45) is 1.54. The number of aryl methyl sites for hydroxylation is 1. The first kappa shape index (κ1) is 27.0. The number of aromatic nitrogens is 3. The van der Waals surface area contributed by atoms with Crippen LogP contribution in [0.1, 0.15) is 36.8 Å². The predicted molar refractivity (Wildman–Crippen MR) is 148 cm³/mol. The highest BCUT2D eigenvalue weighted by atomic mass is 35.5. The Morgan fingerprint density at radius 2 is 1.74 bits per heavy atom. The van der Waals surface area contributed by atoms with Crippen molar-refractivity contribution in [2.45, 2.75) is 26.2 Å². The fraction of sp³-hybridized carbons (Fsp3) is 0.231. The molecule has 0 aliphatic rings. The molecular weight excluding hydrogens is 531 g/mol. The highest BCUT2D eigenvalue weighted by Crippen LogP contribution is 2.41. The average Bonchev–Trinajstić information content (AvgIpc) is 3.23. The van der Waals surface area contributed by atoms with E-state index >= 15 is 0 Å². The van der Waals surface area contributed by atoms with E-state index in [0.29, 0.717) is 28.2 Å². The quantitative estimate of drug-likeness (QED) is 0.262. The van der Waals surface area contributed by atoms with E-state index in [2.05, 4.69) is 20.7 Å². The lowest BCUT2D eigenvalue weighted by atomic mass is 9.92. The number of urea groups is 1. The summed E-state index contributed by atoms with van der Waals surface area (Å²) in [5.74, 6) is 0.751. The fourth-order valence-corrected chi connectivity index (χ4v) is 4.05. The molecule has 38 heavy (non-hydrogen) atoms. The summed E-state index contributed by atoms with van der Waals surface area (Å²) >= 11 is 13.0. The largest absolute Gasteiger partial charge is 0.496 e. The van der Waals surface area contributed by atoms with Gasteiger partial charge in [0.05, 0.1) is 34.6 Å². The maximum absolute atomic E-state index is 12.7. The lowest BCUT2D eigenvalue weighted by Gasteiger charge is -2.15. The van der Waals surface area contributed by atoms with Crippen molar-refractivity contribution in [2.75, 3.05) is 17.7 Å². The van der Waals surface area contributed by atoms with E-state index in [1.807, 2.05) is 26.8 Å². The van der Waals surface area contributed by atoms with Gasteiger partial charge in [-0.2, -0.15) is 5.10 Å². The van der Waals surface area contributed by atoms with Gasteiger partial charge >= 0.3 is 6.03 Å². The Balaban J connectivity index is 1.57. The van der Waals surface area contributed by atoms with Crippen LogP contribution >= 0.6 is 23.2 Å². The smallest absolute Gasteiger partial charge is 0.324 e. The molecule has 0 radical (unpaired) electrons. The number of amides is 3. The van der Waals surface area contributed by atoms with Gasteiger partial charge < -0.3 is 20.5 Å². The average molecular weight is 557 g/mol. The molecule has 2 aromatic heterocycles. The maximum atomic E-state index is 12.7. The second-order valence-electron chi connectivity index (χ2n) is 9.45. The van der Waals surface area contributed by atoms with Crippen molar-refractivity contribution in [3.8, 4) is 17.2 Å². The van der Waals surface area contributed by atoms with Crippen molar-refractivity contribution in [3.63, 3.8) is 0 Å². The number of carbonyl (C=O) groups is 2. The monoisotopic (exact) mass is 556 g/mol. The van der Waals surface area contributed by atoms with Crippen LogP contribution in [0.15, 0.2) is 42.6 Å². The fourth-order valence-electron chi connectivity index (χ4n) is 3.64. The van der Waals surface area contributed by atoms with E-state index < -0.39 is 11.9 Å². The molecule has 0 aliphatic heterocycles. The molecule has 4 aromatic rings. The molecule has 0 atom stereocenters. The van der Waals surface area contributed by atoms with Crippen molar-refractivity contribution in [1.82, 2.24) is 14.8 Å². The number of nitrogens with one attached hydrogen (secondary N) is 2. The Kier molecular flexibility index (Phi) is 7.39. The predicted octanol–water partition coefficient (Wildman–Crippen LogP) is 6.12. The molecule has 0 aliphatic carbocycles. The van der Waals surface area contributed by atoms with E-state index in [1.54, 1.807) is 42.2 Å². The summed E-state index contributed by atoms with van der Waals surface area (Å²) in [6.45, 7) is 6.10. The summed E-state index contributed by atoms with van der Waals surface area (Å²) in [4.78, 5) is 28.9. The van der Waals surface area contributed by atoms with Crippen molar-refractivity contribution >= 4 is 57.5 Å². The van der Waals surface area contributed by atoms with E-state index in [1.165, 1.54) is 13.2 Å². The van der Waals surface area contributed by atoms with Gasteiger partial charge in [-0.1, -0.05) is 44.0 Å². The Hall–Kier alpha value is -4.02. The Morgan fingerprint density at radius 1 is 1.00 bits per heavy atom. The Morgan fingerprint density at radius 3 is 2.37 bits per heavy atom. The third-order valence-corrected chi connectivity index (χ3v) is 6.56. The molecule has 0 saturated carbocycles. The zero-order chi connectivity index (χ0) is 27.8. The van der Waals surface area contributed by atoms with Crippen molar-refractivity contribution in [1.29, 1.82) is 0 Å². The zero-order valence-corrected chi connectivity index (χ0v) is 22.9. The van der Waals surface area contributed by atoms with Crippen molar-refractivity contribution in [3.05, 3.63) is 63.9 Å². The van der Waals surface area contributed by atoms with Gasteiger partial charge in [0.15, 0.2) is 0 Å². The molecule has 4 N–H and O–H groups in total. The topological polar surface area (TPSA) is 133 Å². The van der Waals surface area contributed by atoms with Crippen LogP contribution < -0.4 is 25.8 Å². The van der Waals surface area contributed by atoms with Crippen LogP contribution in [0.2, 0.25) is 10.0 Å². The number of anilines is 2. The van der Waals surface area contributed by atoms with Crippen molar-refractivity contribution in [2.24, 2.45) is 12.8 Å². The van der Waals surface area contributed by atoms with Crippen LogP contribution in [0.25, 0.3) is 10.9 Å². The van der Waals surface area contributed by atoms with Crippen LogP contribution in [-0.4, -0.2) is 33.8 Å². The van der Waals surface area contributed by atoms with Gasteiger partial charge in [-0.15, -0.1) is 0 Å². The van der Waals surface area contributed by atoms with Crippen LogP contribution in [-0.2, 0) is 12.5 Å². The molecule has 0 spiro atoms. The zero-order valence-electron chi connectivity index (χ0n) is 21.3. The molecule has 0 fully saturated rings. The molecule has 0 saturated heterocycles. The molecule has 0 unspecified atom stereocenters. The molecule has 2 heterocycles. The molecule has 4 rings (SSSR count). The number of methoxy groups -OCH3 is 1. The SMILES string of the molecule is COc1cc2nccc(Oc3ccc(NC(=O)Nc4cc(C(C)(C)C)nn4C)c(Cl)c3Cl)c2cc1C(N)=O. The third kappa shape index (κ3) is 5.46. The number of carbonyl (C=O) groups excluding carboxylic acids is 2. The summed E-state index contributed by atoms with van der Waals surface area (Å²) < 4.78 is 12.9. The first-order valence-electron chi connectivity index (χ1n) is 11.4. The van der Waals surface area contributed by atoms with Crippen molar-refractivity contribution < 1.29 is 19.1 Å². The molecule has 0 bridgehead atoms. The van der Waals surface area contributed by atoms with Gasteiger partial charge in [-0.05, 0) is 24.3 Å². The first-order chi connectivity index (χ1) is 17.9. The highest BCUT2D eigenvalue weighted by Gasteiger charge is 2.21. The van der Waals surface area contributed by atoms with Crippen LogP contribution in [0.5, 0.6) is 17.2 Å². The summed E-state index contributed by atoms with van der Waals surface area (Å²) in [7, 11) is 3.18. The van der Waals surface area contributed by atoms with Crippen LogP contribution in [0, 0.1) is 0 Å². The number of fused-ring (bicyclic) bond motifs is 1. The number of ether oxygens (including phenoxy) is 2. The summed E-state index contributed by atoms with van der Waals surface area (Å²) in [5, 5.41) is 10.6. The highest BCUT2D eigenvalue weighted by molar-refractivity contribution is 6.45. The number of rotatable bonds is 6. The minimum absolute atomic E-state index is 0.0774. The molecule has 12 heteroatoms. The molecule has 3 amide bonds. The number of hydrogen-bond acceptors (Lipinski definition) is 6. The number of halogens is 2. The molecule has 198 valence electrons. The normalized spacial score (nSPS) is 11.3. The number of primary amides is 1. The molecular formula is C26H26Cl2N6O4. The Labute approximate surface area is 229 Å². The summed E-state index contributed by atoms with van der Waals surface area (Å²) in [6, 6.07) is 9.16. The Bertz CT molecular complexity index is 1560. The van der Waals surface area contributed by atoms with Gasteiger partial charge in [-0.3, -0.25) is 19.8 Å². The van der Waals surface area contributed by atoms with Gasteiger partial charge in [0.25, 0.3) is 5.91 Å². The standard InChI is InChI=1S/C26H26Cl2N6O4/c1-26(2,3)20-12-21(34(4)33-20)32-25(36)31-15-6-7-18(23(28)22(15)27)38-17-8-9-30-16-11-19(37-5)14(24(29)35)10-13(16)17/h6-12H,1-5H3,(H2,29,35)(H2,31,32,36). The minimum Gasteiger partial charge on any atom is -0.496 e. The van der Waals surface area contributed by atoms with E-state index in [4.69, 9.17) is 38.4 Å². The third-order valence-electron chi connectivity index (χ3n) is 5.69. The maximum Gasteiger partial charge on any atom is 0.324 e. The van der Waals surface area contributed by atoms with Gasteiger partial charge in [0.2, 0.25) is 0 Å². The lowest BCUT2D eigenvalue weighted by molar-refractivity contribution is 0.0997. The number of pyridine rings is 1. The van der Waals surface area contributed by atoms with Crippen LogP contribution in [0.4, 0.5) is 16.3 Å². The molecule has 2 aromatic carbocycles. The van der Waals surface area contributed by atoms with E-state index in [0.717, 1.165) is 5.69 Å². The number of hydrogen-bond donors (Lipinski definition) is 3. The van der Waals surface area contributed by atoms with Crippen LogP contribution in [0.3, 0.4) is 0 Å². The van der Waals surface area contributed by atoms with Gasteiger partial charge in [0.1, 0.15) is 28.1 Å². The second kappa shape index (κ2) is 10.4. The summed E-state index contributed by atoms with van der Waals surface area (Å²) in [5.41, 5.74) is 7.14. The van der Waals surface area contributed by atoms with E-state index in [-0.39, 0.29) is 32.5 Å². The minimum atomic E-state index is -0.658. The van der Waals surface area contributed by atoms with Gasteiger partial charge in [0, 0.05) is 36.2 Å². The number of nitrogens with zero attached hydrogens (tertiary/aromatic N) is 3. The second-order valence-corrected chi connectivity index (χ2v) is 10.2.